The molecule has 1 aliphatic carbocycles. The second kappa shape index (κ2) is 12.6. The van der Waals surface area contributed by atoms with E-state index in [2.05, 4.69) is 43.4 Å². The first kappa shape index (κ1) is 23.5. The van der Waals surface area contributed by atoms with Crippen LogP contribution in [0, 0.1) is 23.6 Å². The number of benzene rings is 1. The lowest BCUT2D eigenvalue weighted by Crippen LogP contribution is -2.27. The molecule has 0 unspecified atom stereocenters. The Labute approximate surface area is 187 Å². The van der Waals surface area contributed by atoms with Crippen LogP contribution in [0.1, 0.15) is 100 Å². The number of thioether (sulfide) groups is 2. The second-order valence-corrected chi connectivity index (χ2v) is 11.9. The molecule has 0 amide bonds. The SMILES string of the molecule is CCCCCc1ccc(C2SCC(C3CCC(CCCCC)CC3)CS2)cc1F. The molecule has 0 bridgehead atoms. The molecule has 164 valence electrons. The fraction of sp³-hybridized carbons (Fsp3) is 0.769. The Bertz CT molecular complexity index is 586. The fourth-order valence-electron chi connectivity index (χ4n) is 5.09. The summed E-state index contributed by atoms with van der Waals surface area (Å²) >= 11 is 4.14. The summed E-state index contributed by atoms with van der Waals surface area (Å²) in [7, 11) is 0. The quantitative estimate of drug-likeness (QED) is 0.335. The zero-order valence-corrected chi connectivity index (χ0v) is 20.3. The third-order valence-corrected chi connectivity index (χ3v) is 10.3. The van der Waals surface area contributed by atoms with E-state index >= 15 is 0 Å². The van der Waals surface area contributed by atoms with Crippen LogP contribution in [0.5, 0.6) is 0 Å². The highest BCUT2D eigenvalue weighted by Gasteiger charge is 2.32. The minimum atomic E-state index is 0.0170. The number of aryl methyl sites for hydroxylation is 1. The van der Waals surface area contributed by atoms with Crippen LogP contribution in [0.2, 0.25) is 0 Å². The number of rotatable bonds is 10. The Morgan fingerprint density at radius 2 is 1.55 bits per heavy atom. The molecule has 1 aliphatic heterocycles. The van der Waals surface area contributed by atoms with Gasteiger partial charge < -0.3 is 0 Å². The topological polar surface area (TPSA) is 0 Å². The summed E-state index contributed by atoms with van der Waals surface area (Å²) in [5.41, 5.74) is 2.09. The summed E-state index contributed by atoms with van der Waals surface area (Å²) in [5.74, 6) is 5.37. The van der Waals surface area contributed by atoms with E-state index in [0.717, 1.165) is 36.2 Å². The molecule has 3 rings (SSSR count). The van der Waals surface area contributed by atoms with Gasteiger partial charge in [-0.1, -0.05) is 77.3 Å². The molecule has 1 aromatic rings. The molecule has 2 aliphatic rings. The summed E-state index contributed by atoms with van der Waals surface area (Å²) in [6.07, 6.45) is 15.9. The summed E-state index contributed by atoms with van der Waals surface area (Å²) in [6.45, 7) is 4.50. The summed E-state index contributed by atoms with van der Waals surface area (Å²) in [5, 5.41) is 0. The molecule has 0 aromatic heterocycles. The average molecular weight is 437 g/mol. The fourth-order valence-corrected chi connectivity index (χ4v) is 8.40. The van der Waals surface area contributed by atoms with E-state index in [0.29, 0.717) is 4.58 Å². The number of hydrogen-bond donors (Lipinski definition) is 0. The summed E-state index contributed by atoms with van der Waals surface area (Å²) in [4.78, 5) is 0. The smallest absolute Gasteiger partial charge is 0.126 e. The van der Waals surface area contributed by atoms with E-state index in [1.54, 1.807) is 0 Å². The number of unbranched alkanes of at least 4 members (excludes halogenated alkanes) is 4. The molecule has 1 saturated carbocycles. The average Bonchev–Trinajstić information content (AvgIpc) is 2.76. The minimum absolute atomic E-state index is 0.0170. The standard InChI is InChI=1S/C26H41FS2/c1-3-5-7-9-20-11-13-21(14-12-20)24-18-28-26(29-19-24)23-16-15-22(25(27)17-23)10-8-6-4-2/h15-17,20-21,24,26H,3-14,18-19H2,1-2H3. The molecular formula is C26H41FS2. The molecule has 1 saturated heterocycles. The largest absolute Gasteiger partial charge is 0.207 e. The van der Waals surface area contributed by atoms with Crippen molar-refractivity contribution in [2.45, 2.75) is 95.5 Å². The van der Waals surface area contributed by atoms with Crippen LogP contribution in [0.4, 0.5) is 4.39 Å². The van der Waals surface area contributed by atoms with Crippen molar-refractivity contribution in [3.05, 3.63) is 35.1 Å². The molecular weight excluding hydrogens is 395 g/mol. The van der Waals surface area contributed by atoms with Crippen LogP contribution in [-0.4, -0.2) is 11.5 Å². The lowest BCUT2D eigenvalue weighted by molar-refractivity contribution is 0.218. The Kier molecular flexibility index (Phi) is 10.3. The van der Waals surface area contributed by atoms with Crippen LogP contribution in [0.3, 0.4) is 0 Å². The van der Waals surface area contributed by atoms with Crippen LogP contribution < -0.4 is 0 Å². The zero-order chi connectivity index (χ0) is 20.5. The van der Waals surface area contributed by atoms with Crippen LogP contribution in [0.15, 0.2) is 18.2 Å². The van der Waals surface area contributed by atoms with Crippen LogP contribution in [0.25, 0.3) is 0 Å². The van der Waals surface area contributed by atoms with Gasteiger partial charge in [0.1, 0.15) is 5.82 Å². The van der Waals surface area contributed by atoms with Crippen molar-refractivity contribution in [3.8, 4) is 0 Å². The van der Waals surface area contributed by atoms with Gasteiger partial charge in [-0.2, -0.15) is 0 Å². The van der Waals surface area contributed by atoms with Gasteiger partial charge in [-0.3, -0.25) is 0 Å². The van der Waals surface area contributed by atoms with Crippen molar-refractivity contribution in [1.29, 1.82) is 0 Å². The van der Waals surface area contributed by atoms with Crippen molar-refractivity contribution in [2.24, 2.45) is 17.8 Å². The lowest BCUT2D eigenvalue weighted by atomic mass is 9.75. The van der Waals surface area contributed by atoms with E-state index in [4.69, 9.17) is 0 Å². The van der Waals surface area contributed by atoms with Crippen molar-refractivity contribution < 1.29 is 4.39 Å². The highest BCUT2D eigenvalue weighted by Crippen LogP contribution is 2.49. The van der Waals surface area contributed by atoms with Crippen molar-refractivity contribution in [1.82, 2.24) is 0 Å². The first-order valence-corrected chi connectivity index (χ1v) is 14.3. The maximum atomic E-state index is 14.5. The van der Waals surface area contributed by atoms with Gasteiger partial charge in [0, 0.05) is 0 Å². The van der Waals surface area contributed by atoms with E-state index in [1.165, 1.54) is 81.3 Å². The second-order valence-electron chi connectivity index (χ2n) is 9.34. The highest BCUT2D eigenvalue weighted by atomic mass is 32.2. The van der Waals surface area contributed by atoms with Crippen LogP contribution >= 0.6 is 23.5 Å². The van der Waals surface area contributed by atoms with Gasteiger partial charge in [-0.15, -0.1) is 23.5 Å². The number of hydrogen-bond acceptors (Lipinski definition) is 2. The Morgan fingerprint density at radius 3 is 2.21 bits per heavy atom. The molecule has 1 aromatic carbocycles. The van der Waals surface area contributed by atoms with Crippen LogP contribution in [-0.2, 0) is 6.42 Å². The molecule has 29 heavy (non-hydrogen) atoms. The van der Waals surface area contributed by atoms with Crippen molar-refractivity contribution >= 4 is 23.5 Å². The minimum Gasteiger partial charge on any atom is -0.207 e. The molecule has 0 N–H and O–H groups in total. The Hall–Kier alpha value is -0.150. The van der Waals surface area contributed by atoms with Gasteiger partial charge >= 0.3 is 0 Å². The van der Waals surface area contributed by atoms with Gasteiger partial charge in [-0.05, 0) is 72.1 Å². The summed E-state index contributed by atoms with van der Waals surface area (Å²) < 4.78 is 15.0. The monoisotopic (exact) mass is 436 g/mol. The molecule has 0 radical (unpaired) electrons. The van der Waals surface area contributed by atoms with Gasteiger partial charge in [0.15, 0.2) is 0 Å². The molecule has 1 heterocycles. The molecule has 3 heteroatoms. The maximum Gasteiger partial charge on any atom is 0.126 e. The zero-order valence-electron chi connectivity index (χ0n) is 18.6. The van der Waals surface area contributed by atoms with E-state index in [-0.39, 0.29) is 5.82 Å². The first-order chi connectivity index (χ1) is 14.2. The maximum absolute atomic E-state index is 14.5. The predicted molar refractivity (Wildman–Crippen MR) is 130 cm³/mol. The van der Waals surface area contributed by atoms with Gasteiger partial charge in [0.25, 0.3) is 0 Å². The lowest BCUT2D eigenvalue weighted by Gasteiger charge is -2.37. The first-order valence-electron chi connectivity index (χ1n) is 12.2. The van der Waals surface area contributed by atoms with Crippen molar-refractivity contribution in [3.63, 3.8) is 0 Å². The highest BCUT2D eigenvalue weighted by molar-refractivity contribution is 8.16. The van der Waals surface area contributed by atoms with Crippen molar-refractivity contribution in [2.75, 3.05) is 11.5 Å². The Morgan fingerprint density at radius 1 is 0.862 bits per heavy atom. The molecule has 0 atom stereocenters. The number of halogens is 1. The predicted octanol–water partition coefficient (Wildman–Crippen LogP) is 9.04. The molecule has 0 nitrogen and oxygen atoms in total. The normalized spacial score (nSPS) is 27.8. The molecule has 2 fully saturated rings. The van der Waals surface area contributed by atoms with E-state index in [1.807, 2.05) is 12.1 Å². The van der Waals surface area contributed by atoms with Gasteiger partial charge in [-0.25, -0.2) is 4.39 Å². The van der Waals surface area contributed by atoms with E-state index < -0.39 is 0 Å². The third kappa shape index (κ3) is 7.20. The Balaban J connectivity index is 1.42. The summed E-state index contributed by atoms with van der Waals surface area (Å²) in [6, 6.07) is 6.07. The van der Waals surface area contributed by atoms with E-state index in [9.17, 15) is 4.39 Å². The molecule has 0 spiro atoms. The van der Waals surface area contributed by atoms with Gasteiger partial charge in [0.05, 0.1) is 4.58 Å². The van der Waals surface area contributed by atoms with Gasteiger partial charge in [0.2, 0.25) is 0 Å². The third-order valence-electron chi connectivity index (χ3n) is 7.10.